The minimum atomic E-state index is 1.08. The predicted octanol–water partition coefficient (Wildman–Crippen LogP) is 5.03. The first kappa shape index (κ1) is 24.7. The van der Waals surface area contributed by atoms with Gasteiger partial charge in [-0.3, -0.25) is 4.90 Å². The van der Waals surface area contributed by atoms with Gasteiger partial charge in [0.15, 0.2) is 0 Å². The molecule has 0 saturated carbocycles. The number of hydrogen-bond acceptors (Lipinski definition) is 4. The van der Waals surface area contributed by atoms with Crippen molar-refractivity contribution in [1.29, 1.82) is 0 Å². The SMILES string of the molecule is CCN1CCN(Cc2ccc3ccc(C)cc3c2)CC1.Cc1cccc(N2CCN(C)CC2)c1. The molecule has 0 bridgehead atoms. The molecule has 3 aromatic carbocycles. The molecule has 4 heteroatoms. The molecule has 0 radical (unpaired) electrons. The third-order valence-electron chi connectivity index (χ3n) is 7.25. The number of hydrogen-bond donors (Lipinski definition) is 0. The number of piperazine rings is 2. The molecule has 3 aromatic rings. The Hall–Kier alpha value is -2.40. The molecule has 5 rings (SSSR count). The van der Waals surface area contributed by atoms with Gasteiger partial charge in [-0.15, -0.1) is 0 Å². The van der Waals surface area contributed by atoms with Gasteiger partial charge in [-0.05, 0) is 67.5 Å². The van der Waals surface area contributed by atoms with E-state index in [1.165, 1.54) is 79.0 Å². The quantitative estimate of drug-likeness (QED) is 0.543. The Morgan fingerprint density at radius 1 is 0.647 bits per heavy atom. The smallest absolute Gasteiger partial charge is 0.0369 e. The van der Waals surface area contributed by atoms with Gasteiger partial charge in [0.2, 0.25) is 0 Å². The molecule has 2 fully saturated rings. The van der Waals surface area contributed by atoms with Gasteiger partial charge in [-0.25, -0.2) is 0 Å². The van der Waals surface area contributed by atoms with Crippen LogP contribution in [0, 0.1) is 13.8 Å². The monoisotopic (exact) mass is 458 g/mol. The lowest BCUT2D eigenvalue weighted by atomic mass is 10.0. The van der Waals surface area contributed by atoms with Crippen molar-refractivity contribution in [2.75, 3.05) is 70.9 Å². The fourth-order valence-electron chi connectivity index (χ4n) is 4.93. The Kier molecular flexibility index (Phi) is 8.60. The van der Waals surface area contributed by atoms with E-state index in [0.717, 1.165) is 19.6 Å². The molecule has 0 aromatic heterocycles. The Balaban J connectivity index is 0.000000172. The minimum absolute atomic E-state index is 1.08. The normalized spacial score (nSPS) is 18.1. The van der Waals surface area contributed by atoms with Crippen molar-refractivity contribution < 1.29 is 0 Å². The van der Waals surface area contributed by atoms with Gasteiger partial charge in [-0.1, -0.05) is 55.0 Å². The largest absolute Gasteiger partial charge is 0.369 e. The topological polar surface area (TPSA) is 13.0 Å². The maximum Gasteiger partial charge on any atom is 0.0369 e. The van der Waals surface area contributed by atoms with E-state index in [4.69, 9.17) is 0 Å². The van der Waals surface area contributed by atoms with Crippen molar-refractivity contribution in [3.05, 3.63) is 77.4 Å². The van der Waals surface area contributed by atoms with Gasteiger partial charge in [0.05, 0.1) is 0 Å². The summed E-state index contributed by atoms with van der Waals surface area (Å²) >= 11 is 0. The Morgan fingerprint density at radius 2 is 1.32 bits per heavy atom. The number of rotatable bonds is 4. The summed E-state index contributed by atoms with van der Waals surface area (Å²) in [5.74, 6) is 0. The summed E-state index contributed by atoms with van der Waals surface area (Å²) in [5, 5.41) is 2.71. The first-order valence-electron chi connectivity index (χ1n) is 12.9. The molecule has 0 unspecified atom stereocenters. The van der Waals surface area contributed by atoms with Crippen molar-refractivity contribution in [2.24, 2.45) is 0 Å². The van der Waals surface area contributed by atoms with Crippen molar-refractivity contribution in [3.63, 3.8) is 0 Å². The van der Waals surface area contributed by atoms with Crippen LogP contribution < -0.4 is 4.90 Å². The second-order valence-electron chi connectivity index (χ2n) is 10.0. The zero-order valence-electron chi connectivity index (χ0n) is 21.6. The van der Waals surface area contributed by atoms with Crippen LogP contribution in [0.25, 0.3) is 10.8 Å². The number of aryl methyl sites for hydroxylation is 2. The number of nitrogens with zero attached hydrogens (tertiary/aromatic N) is 4. The molecular formula is C30H42N4. The lowest BCUT2D eigenvalue weighted by molar-refractivity contribution is 0.132. The van der Waals surface area contributed by atoms with Gasteiger partial charge in [0, 0.05) is 64.6 Å². The number of benzene rings is 3. The molecule has 0 N–H and O–H groups in total. The molecular weight excluding hydrogens is 416 g/mol. The van der Waals surface area contributed by atoms with Gasteiger partial charge >= 0.3 is 0 Å². The van der Waals surface area contributed by atoms with Crippen LogP contribution in [-0.4, -0.2) is 80.7 Å². The van der Waals surface area contributed by atoms with Crippen molar-refractivity contribution in [1.82, 2.24) is 14.7 Å². The highest BCUT2D eigenvalue weighted by Crippen LogP contribution is 2.19. The van der Waals surface area contributed by atoms with E-state index in [9.17, 15) is 0 Å². The van der Waals surface area contributed by atoms with Crippen LogP contribution in [0.1, 0.15) is 23.6 Å². The van der Waals surface area contributed by atoms with Gasteiger partial charge in [0.1, 0.15) is 0 Å². The second kappa shape index (κ2) is 11.8. The van der Waals surface area contributed by atoms with Crippen LogP contribution in [0.3, 0.4) is 0 Å². The average molecular weight is 459 g/mol. The molecule has 182 valence electrons. The second-order valence-corrected chi connectivity index (χ2v) is 10.0. The lowest BCUT2D eigenvalue weighted by Gasteiger charge is -2.34. The van der Waals surface area contributed by atoms with E-state index in [-0.39, 0.29) is 0 Å². The molecule has 0 atom stereocenters. The Morgan fingerprint density at radius 3 is 2.03 bits per heavy atom. The Bertz CT molecular complexity index is 1050. The highest BCUT2D eigenvalue weighted by atomic mass is 15.3. The van der Waals surface area contributed by atoms with Crippen molar-refractivity contribution in [2.45, 2.75) is 27.3 Å². The molecule has 2 saturated heterocycles. The van der Waals surface area contributed by atoms with Gasteiger partial charge < -0.3 is 14.7 Å². The van der Waals surface area contributed by atoms with Crippen LogP contribution in [0.15, 0.2) is 60.7 Å². The summed E-state index contributed by atoms with van der Waals surface area (Å²) in [5.41, 5.74) is 5.50. The highest BCUT2D eigenvalue weighted by Gasteiger charge is 2.15. The summed E-state index contributed by atoms with van der Waals surface area (Å²) in [6.45, 7) is 18.3. The first-order chi connectivity index (χ1) is 16.5. The van der Waals surface area contributed by atoms with E-state index in [2.05, 4.69) is 108 Å². The van der Waals surface area contributed by atoms with Crippen molar-refractivity contribution in [3.8, 4) is 0 Å². The molecule has 2 aliphatic rings. The number of fused-ring (bicyclic) bond motifs is 1. The molecule has 2 aliphatic heterocycles. The summed E-state index contributed by atoms with van der Waals surface area (Å²) in [4.78, 5) is 9.95. The van der Waals surface area contributed by atoms with E-state index < -0.39 is 0 Å². The standard InChI is InChI=1S/C18H24N2.C12H18N2/c1-3-19-8-10-20(11-9-19)14-16-5-7-17-6-4-15(2)12-18(17)13-16;1-11-4-3-5-12(10-11)14-8-6-13(2)7-9-14/h4-7,12-13H,3,8-11,14H2,1-2H3;3-5,10H,6-9H2,1-2H3. The third kappa shape index (κ3) is 6.82. The zero-order valence-corrected chi connectivity index (χ0v) is 21.6. The zero-order chi connectivity index (χ0) is 23.9. The summed E-state index contributed by atoms with van der Waals surface area (Å²) in [6.07, 6.45) is 0. The molecule has 0 amide bonds. The Labute approximate surface area is 206 Å². The predicted molar refractivity (Wildman–Crippen MR) is 147 cm³/mol. The van der Waals surface area contributed by atoms with Crippen molar-refractivity contribution >= 4 is 16.5 Å². The fraction of sp³-hybridized carbons (Fsp3) is 0.467. The average Bonchev–Trinajstić information content (AvgIpc) is 2.85. The van der Waals surface area contributed by atoms with Crippen LogP contribution in [0.5, 0.6) is 0 Å². The number of anilines is 1. The van der Waals surface area contributed by atoms with Crippen LogP contribution in [-0.2, 0) is 6.54 Å². The first-order valence-corrected chi connectivity index (χ1v) is 12.9. The van der Waals surface area contributed by atoms with E-state index in [1.807, 2.05) is 0 Å². The van der Waals surface area contributed by atoms with Crippen LogP contribution >= 0.6 is 0 Å². The summed E-state index contributed by atoms with van der Waals surface area (Å²) < 4.78 is 0. The molecule has 4 nitrogen and oxygen atoms in total. The minimum Gasteiger partial charge on any atom is -0.369 e. The van der Waals surface area contributed by atoms with Crippen LogP contribution in [0.2, 0.25) is 0 Å². The number of likely N-dealkylation sites (N-methyl/N-ethyl adjacent to an activating group) is 2. The van der Waals surface area contributed by atoms with Crippen LogP contribution in [0.4, 0.5) is 5.69 Å². The third-order valence-corrected chi connectivity index (χ3v) is 7.25. The van der Waals surface area contributed by atoms with E-state index >= 15 is 0 Å². The summed E-state index contributed by atoms with van der Waals surface area (Å²) in [6, 6.07) is 22.4. The maximum absolute atomic E-state index is 2.57. The lowest BCUT2D eigenvalue weighted by Crippen LogP contribution is -2.45. The molecule has 0 aliphatic carbocycles. The van der Waals surface area contributed by atoms with Gasteiger partial charge in [0.25, 0.3) is 0 Å². The molecule has 34 heavy (non-hydrogen) atoms. The highest BCUT2D eigenvalue weighted by molar-refractivity contribution is 5.83. The molecule has 0 spiro atoms. The summed E-state index contributed by atoms with van der Waals surface area (Å²) in [7, 11) is 2.19. The van der Waals surface area contributed by atoms with E-state index in [1.54, 1.807) is 0 Å². The van der Waals surface area contributed by atoms with Gasteiger partial charge in [-0.2, -0.15) is 0 Å². The maximum atomic E-state index is 2.57. The molecule has 2 heterocycles. The fourth-order valence-corrected chi connectivity index (χ4v) is 4.93. The van der Waals surface area contributed by atoms with E-state index in [0.29, 0.717) is 0 Å².